The van der Waals surface area contributed by atoms with Crippen LogP contribution in [0.3, 0.4) is 0 Å². The third-order valence-corrected chi connectivity index (χ3v) is 2.74. The van der Waals surface area contributed by atoms with Gasteiger partial charge in [0, 0.05) is 18.1 Å². The van der Waals surface area contributed by atoms with Crippen molar-refractivity contribution in [1.82, 2.24) is 9.97 Å². The Hall–Kier alpha value is -2.70. The van der Waals surface area contributed by atoms with Gasteiger partial charge in [0.15, 0.2) is 11.5 Å². The molecule has 0 unspecified atom stereocenters. The maximum absolute atomic E-state index is 11.6. The van der Waals surface area contributed by atoms with E-state index < -0.39 is 11.2 Å². The highest BCUT2D eigenvalue weighted by Crippen LogP contribution is 2.39. The molecule has 7 nitrogen and oxygen atoms in total. The number of aromatic nitrogens is 2. The molecule has 0 saturated carbocycles. The first-order chi connectivity index (χ1) is 8.54. The van der Waals surface area contributed by atoms with Crippen molar-refractivity contribution in [3.8, 4) is 23.1 Å². The van der Waals surface area contributed by atoms with Gasteiger partial charge >= 0.3 is 5.69 Å². The van der Waals surface area contributed by atoms with Gasteiger partial charge in [0.1, 0.15) is 5.75 Å². The minimum absolute atomic E-state index is 0.0568. The molecular formula is C11H8N2O5. The van der Waals surface area contributed by atoms with Crippen molar-refractivity contribution in [1.29, 1.82) is 0 Å². The molecule has 0 atom stereocenters. The Morgan fingerprint density at radius 2 is 1.83 bits per heavy atom. The van der Waals surface area contributed by atoms with Gasteiger partial charge in [-0.15, -0.1) is 0 Å². The summed E-state index contributed by atoms with van der Waals surface area (Å²) in [6.07, 6.45) is 0.199. The van der Waals surface area contributed by atoms with Crippen molar-refractivity contribution in [2.75, 3.05) is 0 Å². The molecule has 2 aromatic rings. The van der Waals surface area contributed by atoms with E-state index in [1.54, 1.807) is 0 Å². The van der Waals surface area contributed by atoms with Crippen LogP contribution in [0.4, 0.5) is 0 Å². The largest absolute Gasteiger partial charge is 0.504 e. The lowest BCUT2D eigenvalue weighted by atomic mass is 10.0. The van der Waals surface area contributed by atoms with Gasteiger partial charge in [-0.1, -0.05) is 0 Å². The third-order valence-electron chi connectivity index (χ3n) is 2.74. The molecular weight excluding hydrogens is 240 g/mol. The van der Waals surface area contributed by atoms with Gasteiger partial charge in [0.25, 0.3) is 5.56 Å². The first kappa shape index (κ1) is 10.5. The monoisotopic (exact) mass is 248 g/mol. The molecule has 3 rings (SSSR count). The van der Waals surface area contributed by atoms with E-state index in [1.807, 2.05) is 0 Å². The van der Waals surface area contributed by atoms with Crippen LogP contribution < -0.4 is 16.0 Å². The lowest BCUT2D eigenvalue weighted by Crippen LogP contribution is -2.27. The van der Waals surface area contributed by atoms with E-state index in [9.17, 15) is 19.8 Å². The molecule has 18 heavy (non-hydrogen) atoms. The van der Waals surface area contributed by atoms with Crippen molar-refractivity contribution < 1.29 is 14.9 Å². The molecule has 0 saturated heterocycles. The summed E-state index contributed by atoms with van der Waals surface area (Å²) in [4.78, 5) is 27.2. The maximum atomic E-state index is 11.6. The van der Waals surface area contributed by atoms with Crippen LogP contribution in [0.5, 0.6) is 23.1 Å². The summed E-state index contributed by atoms with van der Waals surface area (Å²) >= 11 is 0. The zero-order chi connectivity index (χ0) is 12.9. The predicted octanol–water partition coefficient (Wildman–Crippen LogP) is 0.171. The second kappa shape index (κ2) is 3.39. The molecule has 0 amide bonds. The van der Waals surface area contributed by atoms with E-state index >= 15 is 0 Å². The molecule has 1 aromatic heterocycles. The number of phenols is 2. The second-order valence-corrected chi connectivity index (χ2v) is 3.94. The molecule has 2 heterocycles. The van der Waals surface area contributed by atoms with Gasteiger partial charge in [-0.05, 0) is 6.07 Å². The first-order valence-corrected chi connectivity index (χ1v) is 5.13. The van der Waals surface area contributed by atoms with E-state index in [0.717, 1.165) is 0 Å². The van der Waals surface area contributed by atoms with Gasteiger partial charge in [-0.3, -0.25) is 14.8 Å². The Morgan fingerprint density at radius 3 is 2.61 bits per heavy atom. The molecule has 0 fully saturated rings. The Kier molecular flexibility index (Phi) is 1.97. The van der Waals surface area contributed by atoms with Crippen molar-refractivity contribution in [3.63, 3.8) is 0 Å². The van der Waals surface area contributed by atoms with Crippen LogP contribution in [-0.2, 0) is 6.42 Å². The van der Waals surface area contributed by atoms with Crippen LogP contribution in [-0.4, -0.2) is 20.2 Å². The fourth-order valence-corrected chi connectivity index (χ4v) is 1.87. The van der Waals surface area contributed by atoms with Gasteiger partial charge in [-0.25, -0.2) is 4.79 Å². The molecule has 1 aromatic carbocycles. The van der Waals surface area contributed by atoms with Crippen LogP contribution in [0.1, 0.15) is 11.1 Å². The minimum atomic E-state index is -0.662. The highest BCUT2D eigenvalue weighted by Gasteiger charge is 2.22. The van der Waals surface area contributed by atoms with E-state index in [1.165, 1.54) is 12.1 Å². The van der Waals surface area contributed by atoms with Crippen molar-refractivity contribution >= 4 is 0 Å². The van der Waals surface area contributed by atoms with Crippen LogP contribution in [0, 0.1) is 0 Å². The number of phenolic OH excluding ortho intramolecular Hbond substituents is 2. The highest BCUT2D eigenvalue weighted by molar-refractivity contribution is 5.54. The standard InChI is InChI=1S/C11H8N2O5/c14-6-2-4-1-5-9(16)12-11(17)13-10(5)18-8(4)3-7(6)15/h2-3,14-15H,1H2,(H2,12,13,16,17). The van der Waals surface area contributed by atoms with Crippen LogP contribution >= 0.6 is 0 Å². The van der Waals surface area contributed by atoms with Crippen molar-refractivity contribution in [3.05, 3.63) is 44.1 Å². The Morgan fingerprint density at radius 1 is 1.11 bits per heavy atom. The van der Waals surface area contributed by atoms with Gasteiger partial charge in [0.05, 0.1) is 5.56 Å². The van der Waals surface area contributed by atoms with E-state index in [-0.39, 0.29) is 29.4 Å². The number of nitrogens with one attached hydrogen (secondary N) is 2. The number of aromatic amines is 2. The normalized spacial score (nSPS) is 12.4. The number of ether oxygens (including phenoxy) is 1. The Labute approximate surface area is 99.3 Å². The van der Waals surface area contributed by atoms with Crippen molar-refractivity contribution in [2.45, 2.75) is 6.42 Å². The number of fused-ring (bicyclic) bond motifs is 2. The molecule has 1 aliphatic heterocycles. The predicted molar refractivity (Wildman–Crippen MR) is 60.3 cm³/mol. The SMILES string of the molecule is O=c1[nH]c2c(c(=O)[nH]1)Cc1cc(O)c(O)cc1O2. The molecule has 4 N–H and O–H groups in total. The summed E-state index contributed by atoms with van der Waals surface area (Å²) in [5, 5.41) is 18.7. The quantitative estimate of drug-likeness (QED) is 0.423. The maximum Gasteiger partial charge on any atom is 0.328 e. The van der Waals surface area contributed by atoms with E-state index in [2.05, 4.69) is 9.97 Å². The molecule has 7 heteroatoms. The number of rotatable bonds is 0. The summed E-state index contributed by atoms with van der Waals surface area (Å²) in [5.41, 5.74) is -0.375. The van der Waals surface area contributed by atoms with Crippen molar-refractivity contribution in [2.24, 2.45) is 0 Å². The molecule has 0 radical (unpaired) electrons. The summed E-state index contributed by atoms with van der Waals surface area (Å²) in [6, 6.07) is 2.55. The zero-order valence-corrected chi connectivity index (χ0v) is 8.98. The van der Waals surface area contributed by atoms with E-state index in [0.29, 0.717) is 11.3 Å². The molecule has 0 bridgehead atoms. The minimum Gasteiger partial charge on any atom is -0.504 e. The number of H-pyrrole nitrogens is 2. The molecule has 92 valence electrons. The van der Waals surface area contributed by atoms with E-state index in [4.69, 9.17) is 4.74 Å². The highest BCUT2D eigenvalue weighted by atomic mass is 16.5. The van der Waals surface area contributed by atoms with Gasteiger partial charge < -0.3 is 14.9 Å². The number of aromatic hydroxyl groups is 2. The van der Waals surface area contributed by atoms with Crippen LogP contribution in [0.25, 0.3) is 0 Å². The molecule has 0 spiro atoms. The summed E-state index contributed by atoms with van der Waals surface area (Å²) in [7, 11) is 0. The first-order valence-electron chi connectivity index (χ1n) is 5.13. The number of hydrogen-bond acceptors (Lipinski definition) is 5. The third kappa shape index (κ3) is 1.45. The fraction of sp³-hybridized carbons (Fsp3) is 0.0909. The topological polar surface area (TPSA) is 115 Å². The van der Waals surface area contributed by atoms with Gasteiger partial charge in [0.2, 0.25) is 5.88 Å². The second-order valence-electron chi connectivity index (χ2n) is 3.94. The number of benzene rings is 1. The fourth-order valence-electron chi connectivity index (χ4n) is 1.87. The lowest BCUT2D eigenvalue weighted by molar-refractivity contribution is 0.390. The van der Waals surface area contributed by atoms with Crippen LogP contribution in [0.2, 0.25) is 0 Å². The zero-order valence-electron chi connectivity index (χ0n) is 8.98. The molecule has 0 aliphatic carbocycles. The van der Waals surface area contributed by atoms with Gasteiger partial charge in [-0.2, -0.15) is 0 Å². The lowest BCUT2D eigenvalue weighted by Gasteiger charge is -2.18. The smallest absolute Gasteiger partial charge is 0.328 e. The summed E-state index contributed by atoms with van der Waals surface area (Å²) in [6.45, 7) is 0. The molecule has 1 aliphatic rings. The average molecular weight is 248 g/mol. The Balaban J connectivity index is 2.21. The average Bonchev–Trinajstić information content (AvgIpc) is 2.29. The Bertz CT molecular complexity index is 759. The summed E-state index contributed by atoms with van der Waals surface area (Å²) < 4.78 is 5.33. The van der Waals surface area contributed by atoms with Crippen LogP contribution in [0.15, 0.2) is 21.7 Å². The number of hydrogen-bond donors (Lipinski definition) is 4. The summed E-state index contributed by atoms with van der Waals surface area (Å²) in [5.74, 6) is -0.272.